The molecule has 1 aromatic rings. The maximum atomic E-state index is 13.6. The summed E-state index contributed by atoms with van der Waals surface area (Å²) in [5.74, 6) is -0.242. The van der Waals surface area contributed by atoms with Crippen LogP contribution in [-0.4, -0.2) is 35.7 Å². The highest BCUT2D eigenvalue weighted by Crippen LogP contribution is 2.23. The summed E-state index contributed by atoms with van der Waals surface area (Å²) in [6, 6.07) is 4.56. The molecule has 17 heavy (non-hydrogen) atoms. The molecular formula is C12H18FNO2S. The van der Waals surface area contributed by atoms with E-state index in [0.717, 1.165) is 5.56 Å². The van der Waals surface area contributed by atoms with E-state index in [9.17, 15) is 4.39 Å². The van der Waals surface area contributed by atoms with Gasteiger partial charge in [-0.25, -0.2) is 4.39 Å². The van der Waals surface area contributed by atoms with Gasteiger partial charge in [-0.3, -0.25) is 0 Å². The molecule has 96 valence electrons. The van der Waals surface area contributed by atoms with Crippen LogP contribution < -0.4 is 5.32 Å². The lowest BCUT2D eigenvalue weighted by molar-refractivity contribution is 0.163. The molecule has 0 aliphatic heterocycles. The largest absolute Gasteiger partial charge is 0.395 e. The summed E-state index contributed by atoms with van der Waals surface area (Å²) in [4.78, 5) is 0.613. The number of rotatable bonds is 6. The van der Waals surface area contributed by atoms with Crippen molar-refractivity contribution < 1.29 is 14.6 Å². The molecule has 0 bridgehead atoms. The van der Waals surface area contributed by atoms with Crippen molar-refractivity contribution in [3.63, 3.8) is 0 Å². The molecule has 0 amide bonds. The molecule has 0 fully saturated rings. The number of nitrogens with one attached hydrogen (secondary N) is 1. The summed E-state index contributed by atoms with van der Waals surface area (Å²) < 4.78 is 13.6. The average molecular weight is 259 g/mol. The molecule has 0 aliphatic rings. The predicted molar refractivity (Wildman–Crippen MR) is 67.7 cm³/mol. The van der Waals surface area contributed by atoms with Gasteiger partial charge in [0.05, 0.1) is 19.3 Å². The summed E-state index contributed by atoms with van der Waals surface area (Å²) in [6.45, 7) is 1.57. The molecule has 0 saturated heterocycles. The number of halogens is 1. The van der Waals surface area contributed by atoms with Gasteiger partial charge in [-0.2, -0.15) is 0 Å². The van der Waals surface area contributed by atoms with Crippen LogP contribution in [0.1, 0.15) is 18.5 Å². The molecule has 1 rings (SSSR count). The Morgan fingerprint density at radius 3 is 2.47 bits per heavy atom. The molecule has 0 radical (unpaired) electrons. The smallest absolute Gasteiger partial charge is 0.137 e. The highest BCUT2D eigenvalue weighted by Gasteiger charge is 2.13. The van der Waals surface area contributed by atoms with Gasteiger partial charge in [0.2, 0.25) is 0 Å². The lowest BCUT2D eigenvalue weighted by Gasteiger charge is -2.20. The maximum Gasteiger partial charge on any atom is 0.137 e. The van der Waals surface area contributed by atoms with Gasteiger partial charge in [-0.1, -0.05) is 6.07 Å². The number of thioether (sulfide) groups is 1. The van der Waals surface area contributed by atoms with Crippen molar-refractivity contribution in [2.45, 2.75) is 23.9 Å². The van der Waals surface area contributed by atoms with E-state index in [1.165, 1.54) is 17.8 Å². The van der Waals surface area contributed by atoms with Crippen molar-refractivity contribution in [2.75, 3.05) is 19.5 Å². The van der Waals surface area contributed by atoms with Crippen molar-refractivity contribution in [1.82, 2.24) is 5.32 Å². The first-order valence-electron chi connectivity index (χ1n) is 5.43. The van der Waals surface area contributed by atoms with Crippen molar-refractivity contribution in [2.24, 2.45) is 0 Å². The van der Waals surface area contributed by atoms with E-state index in [1.807, 2.05) is 19.2 Å². The number of aliphatic hydroxyl groups is 2. The third kappa shape index (κ3) is 3.96. The van der Waals surface area contributed by atoms with Gasteiger partial charge in [0.25, 0.3) is 0 Å². The van der Waals surface area contributed by atoms with Gasteiger partial charge in [-0.05, 0) is 30.9 Å². The van der Waals surface area contributed by atoms with Crippen LogP contribution in [0.2, 0.25) is 0 Å². The molecule has 0 spiro atoms. The molecule has 3 N–H and O–H groups in total. The predicted octanol–water partition coefficient (Wildman–Crippen LogP) is 1.55. The SMILES string of the molecule is CSc1ccc([C@H](C)NC(CO)CO)cc1F. The molecule has 1 aromatic carbocycles. The molecule has 0 aliphatic carbocycles. The molecule has 3 nitrogen and oxygen atoms in total. The summed E-state index contributed by atoms with van der Waals surface area (Å²) in [6.07, 6.45) is 1.83. The number of benzene rings is 1. The van der Waals surface area contributed by atoms with Crippen LogP contribution in [0.3, 0.4) is 0 Å². The molecule has 0 aromatic heterocycles. The van der Waals surface area contributed by atoms with E-state index in [-0.39, 0.29) is 31.1 Å². The molecule has 0 saturated carbocycles. The topological polar surface area (TPSA) is 52.5 Å². The van der Waals surface area contributed by atoms with Gasteiger partial charge < -0.3 is 15.5 Å². The fraction of sp³-hybridized carbons (Fsp3) is 0.500. The van der Waals surface area contributed by atoms with Crippen molar-refractivity contribution >= 4 is 11.8 Å². The van der Waals surface area contributed by atoms with Crippen molar-refractivity contribution in [3.05, 3.63) is 29.6 Å². The number of hydrogen-bond acceptors (Lipinski definition) is 4. The van der Waals surface area contributed by atoms with E-state index in [1.54, 1.807) is 6.07 Å². The van der Waals surface area contributed by atoms with Crippen LogP contribution in [0.15, 0.2) is 23.1 Å². The van der Waals surface area contributed by atoms with Crippen LogP contribution in [0.4, 0.5) is 4.39 Å². The molecule has 1 atom stereocenters. The Hall–Kier alpha value is -0.620. The summed E-state index contributed by atoms with van der Waals surface area (Å²) in [5, 5.41) is 20.9. The zero-order valence-electron chi connectivity index (χ0n) is 9.98. The number of hydrogen-bond donors (Lipinski definition) is 3. The minimum absolute atomic E-state index is 0.121. The van der Waals surface area contributed by atoms with E-state index in [4.69, 9.17) is 10.2 Å². The van der Waals surface area contributed by atoms with E-state index >= 15 is 0 Å². The fourth-order valence-electron chi connectivity index (χ4n) is 1.56. The van der Waals surface area contributed by atoms with E-state index in [2.05, 4.69) is 5.32 Å². The second-order valence-corrected chi connectivity index (χ2v) is 4.69. The fourth-order valence-corrected chi connectivity index (χ4v) is 2.02. The van der Waals surface area contributed by atoms with Crippen LogP contribution in [0, 0.1) is 5.82 Å². The van der Waals surface area contributed by atoms with E-state index < -0.39 is 0 Å². The summed E-state index contributed by atoms with van der Waals surface area (Å²) >= 11 is 1.36. The average Bonchev–Trinajstić information content (AvgIpc) is 2.35. The van der Waals surface area contributed by atoms with Crippen LogP contribution in [0.5, 0.6) is 0 Å². The van der Waals surface area contributed by atoms with E-state index in [0.29, 0.717) is 4.90 Å². The zero-order valence-corrected chi connectivity index (χ0v) is 10.8. The Balaban J connectivity index is 2.75. The second kappa shape index (κ2) is 6.96. The minimum atomic E-state index is -0.381. The van der Waals surface area contributed by atoms with Gasteiger partial charge in [0, 0.05) is 10.9 Å². The first-order chi connectivity index (χ1) is 8.12. The van der Waals surface area contributed by atoms with Crippen LogP contribution in [-0.2, 0) is 0 Å². The standard InChI is InChI=1S/C12H18FNO2S/c1-8(14-10(6-15)7-16)9-3-4-12(17-2)11(13)5-9/h3-5,8,10,14-16H,6-7H2,1-2H3/t8-/m0/s1. The Kier molecular flexibility index (Phi) is 5.91. The van der Waals surface area contributed by atoms with Crippen LogP contribution in [0.25, 0.3) is 0 Å². The van der Waals surface area contributed by atoms with Gasteiger partial charge >= 0.3 is 0 Å². The van der Waals surface area contributed by atoms with Crippen LogP contribution >= 0.6 is 11.8 Å². The third-order valence-corrected chi connectivity index (χ3v) is 3.37. The molecule has 5 heteroatoms. The third-order valence-electron chi connectivity index (χ3n) is 2.60. The molecule has 0 heterocycles. The van der Waals surface area contributed by atoms with Gasteiger partial charge in [-0.15, -0.1) is 11.8 Å². The second-order valence-electron chi connectivity index (χ2n) is 3.84. The lowest BCUT2D eigenvalue weighted by Crippen LogP contribution is -2.37. The van der Waals surface area contributed by atoms with Gasteiger partial charge in [0.15, 0.2) is 0 Å². The normalized spacial score (nSPS) is 13.1. The molecule has 0 unspecified atom stereocenters. The number of aliphatic hydroxyl groups excluding tert-OH is 2. The quantitative estimate of drug-likeness (QED) is 0.679. The monoisotopic (exact) mass is 259 g/mol. The first-order valence-corrected chi connectivity index (χ1v) is 6.66. The summed E-state index contributed by atoms with van der Waals surface area (Å²) in [5.41, 5.74) is 0.798. The maximum absolute atomic E-state index is 13.6. The lowest BCUT2D eigenvalue weighted by atomic mass is 10.1. The Morgan fingerprint density at radius 2 is 2.00 bits per heavy atom. The minimum Gasteiger partial charge on any atom is -0.395 e. The molecular weight excluding hydrogens is 241 g/mol. The van der Waals surface area contributed by atoms with Crippen molar-refractivity contribution in [3.8, 4) is 0 Å². The summed E-state index contributed by atoms with van der Waals surface area (Å²) in [7, 11) is 0. The Labute approximate surface area is 105 Å². The first kappa shape index (κ1) is 14.4. The van der Waals surface area contributed by atoms with Gasteiger partial charge in [0.1, 0.15) is 5.82 Å². The highest BCUT2D eigenvalue weighted by molar-refractivity contribution is 7.98. The highest BCUT2D eigenvalue weighted by atomic mass is 32.2. The zero-order chi connectivity index (χ0) is 12.8. The Morgan fingerprint density at radius 1 is 1.35 bits per heavy atom. The Bertz CT molecular complexity index is 358. The van der Waals surface area contributed by atoms with Crippen molar-refractivity contribution in [1.29, 1.82) is 0 Å².